The molecule has 0 fully saturated rings. The van der Waals surface area contributed by atoms with E-state index in [-0.39, 0.29) is 5.91 Å². The number of aromatic nitrogens is 1. The normalized spacial score (nSPS) is 10.4. The molecule has 0 saturated heterocycles. The van der Waals surface area contributed by atoms with Crippen LogP contribution in [0.5, 0.6) is 0 Å². The molecule has 0 spiro atoms. The van der Waals surface area contributed by atoms with Gasteiger partial charge in [0.1, 0.15) is 5.82 Å². The number of carbonyl (C=O) groups is 1. The summed E-state index contributed by atoms with van der Waals surface area (Å²) < 4.78 is 0. The Kier molecular flexibility index (Phi) is 6.21. The predicted molar refractivity (Wildman–Crippen MR) is 111 cm³/mol. The molecule has 0 aliphatic heterocycles. The van der Waals surface area contributed by atoms with Gasteiger partial charge >= 0.3 is 0 Å². The number of aryl methyl sites for hydroxylation is 1. The summed E-state index contributed by atoms with van der Waals surface area (Å²) in [6.07, 6.45) is 2.58. The van der Waals surface area contributed by atoms with E-state index in [1.807, 2.05) is 68.4 Å². The van der Waals surface area contributed by atoms with Crippen LogP contribution >= 0.6 is 0 Å². The molecule has 0 aliphatic carbocycles. The second kappa shape index (κ2) is 8.99. The number of carbonyl (C=O) groups excluding carboxylic acids is 1. The number of nitrogens with one attached hydrogen (secondary N) is 1. The molecule has 0 aliphatic rings. The zero-order chi connectivity index (χ0) is 19.1. The first kappa shape index (κ1) is 18.6. The highest BCUT2D eigenvalue weighted by Gasteiger charge is 2.16. The summed E-state index contributed by atoms with van der Waals surface area (Å²) >= 11 is 0. The first-order chi connectivity index (χ1) is 13.2. The fourth-order valence-electron chi connectivity index (χ4n) is 3.00. The van der Waals surface area contributed by atoms with Gasteiger partial charge in [-0.1, -0.05) is 42.5 Å². The summed E-state index contributed by atoms with van der Waals surface area (Å²) in [5, 5.41) is 3.31. The van der Waals surface area contributed by atoms with Crippen molar-refractivity contribution in [2.45, 2.75) is 20.3 Å². The first-order valence-corrected chi connectivity index (χ1v) is 9.29. The van der Waals surface area contributed by atoms with E-state index in [1.54, 1.807) is 11.1 Å². The molecule has 0 radical (unpaired) electrons. The van der Waals surface area contributed by atoms with Crippen molar-refractivity contribution in [2.75, 3.05) is 23.3 Å². The summed E-state index contributed by atoms with van der Waals surface area (Å²) in [6, 6.07) is 22.0. The Balaban J connectivity index is 1.62. The molecule has 4 heteroatoms. The van der Waals surface area contributed by atoms with E-state index in [9.17, 15) is 4.79 Å². The molecule has 0 atom stereocenters. The number of amides is 1. The predicted octanol–water partition coefficient (Wildman–Crippen LogP) is 4.71. The van der Waals surface area contributed by atoms with Crippen molar-refractivity contribution in [2.24, 2.45) is 0 Å². The van der Waals surface area contributed by atoms with Crippen LogP contribution in [0, 0.1) is 6.92 Å². The molecule has 4 nitrogen and oxygen atoms in total. The Bertz CT molecular complexity index is 876. The van der Waals surface area contributed by atoms with Crippen molar-refractivity contribution >= 4 is 17.4 Å². The molecule has 1 aromatic heterocycles. The largest absolute Gasteiger partial charge is 0.370 e. The van der Waals surface area contributed by atoms with Gasteiger partial charge in [0.25, 0.3) is 5.91 Å². The maximum absolute atomic E-state index is 12.9. The van der Waals surface area contributed by atoms with Gasteiger partial charge in [-0.2, -0.15) is 0 Å². The van der Waals surface area contributed by atoms with Gasteiger partial charge in [0.15, 0.2) is 0 Å². The molecule has 3 aromatic rings. The van der Waals surface area contributed by atoms with E-state index in [1.165, 1.54) is 5.56 Å². The number of pyridine rings is 1. The summed E-state index contributed by atoms with van der Waals surface area (Å²) in [7, 11) is 0. The lowest BCUT2D eigenvalue weighted by Crippen LogP contribution is -2.30. The molecule has 1 heterocycles. The molecular weight excluding hydrogens is 334 g/mol. The standard InChI is InChI=1S/C23H25N3O/c1-3-26(21-11-7-8-18(2)16-21)23(27)20-12-13-22(25-17-20)24-15-14-19-9-5-4-6-10-19/h4-13,16-17H,3,14-15H2,1-2H3,(H,24,25). The molecule has 138 valence electrons. The second-order valence-corrected chi connectivity index (χ2v) is 6.48. The highest BCUT2D eigenvalue weighted by atomic mass is 16.2. The average molecular weight is 359 g/mol. The Morgan fingerprint density at radius 3 is 2.52 bits per heavy atom. The maximum Gasteiger partial charge on any atom is 0.259 e. The molecule has 2 aromatic carbocycles. The monoisotopic (exact) mass is 359 g/mol. The SMILES string of the molecule is CCN(C(=O)c1ccc(NCCc2ccccc2)nc1)c1cccc(C)c1. The van der Waals surface area contributed by atoms with E-state index in [0.29, 0.717) is 12.1 Å². The van der Waals surface area contributed by atoms with Crippen LogP contribution in [-0.2, 0) is 6.42 Å². The number of nitrogens with zero attached hydrogens (tertiary/aromatic N) is 2. The molecule has 1 N–H and O–H groups in total. The number of benzene rings is 2. The van der Waals surface area contributed by atoms with Gasteiger partial charge in [-0.25, -0.2) is 4.98 Å². The van der Waals surface area contributed by atoms with E-state index in [0.717, 1.165) is 30.0 Å². The lowest BCUT2D eigenvalue weighted by Gasteiger charge is -2.21. The summed E-state index contributed by atoms with van der Waals surface area (Å²) in [5.74, 6) is 0.743. The summed E-state index contributed by atoms with van der Waals surface area (Å²) in [6.45, 7) is 5.42. The lowest BCUT2D eigenvalue weighted by atomic mass is 10.1. The van der Waals surface area contributed by atoms with Crippen LogP contribution in [-0.4, -0.2) is 24.0 Å². The third-order valence-corrected chi connectivity index (χ3v) is 4.45. The minimum Gasteiger partial charge on any atom is -0.370 e. The van der Waals surface area contributed by atoms with Crippen LogP contribution in [0.25, 0.3) is 0 Å². The zero-order valence-electron chi connectivity index (χ0n) is 15.9. The van der Waals surface area contributed by atoms with E-state index >= 15 is 0 Å². The fraction of sp³-hybridized carbons (Fsp3) is 0.217. The van der Waals surface area contributed by atoms with Crippen LogP contribution < -0.4 is 10.2 Å². The highest BCUT2D eigenvalue weighted by Crippen LogP contribution is 2.19. The van der Waals surface area contributed by atoms with Crippen molar-refractivity contribution in [1.29, 1.82) is 0 Å². The zero-order valence-corrected chi connectivity index (χ0v) is 15.9. The first-order valence-electron chi connectivity index (χ1n) is 9.29. The number of hydrogen-bond donors (Lipinski definition) is 1. The van der Waals surface area contributed by atoms with Crippen LogP contribution in [0.1, 0.15) is 28.4 Å². The quantitative estimate of drug-likeness (QED) is 0.664. The van der Waals surface area contributed by atoms with Crippen molar-refractivity contribution in [3.05, 3.63) is 89.6 Å². The summed E-state index contributed by atoms with van der Waals surface area (Å²) in [5.41, 5.74) is 3.92. The van der Waals surface area contributed by atoms with Gasteiger partial charge in [-0.05, 0) is 55.7 Å². The minimum absolute atomic E-state index is 0.0357. The fourth-order valence-corrected chi connectivity index (χ4v) is 3.00. The molecule has 0 saturated carbocycles. The Labute approximate surface area is 160 Å². The van der Waals surface area contributed by atoms with Gasteiger partial charge in [-0.3, -0.25) is 4.79 Å². The molecule has 27 heavy (non-hydrogen) atoms. The maximum atomic E-state index is 12.9. The third-order valence-electron chi connectivity index (χ3n) is 4.45. The van der Waals surface area contributed by atoms with Crippen molar-refractivity contribution < 1.29 is 4.79 Å². The van der Waals surface area contributed by atoms with Crippen LogP contribution in [0.3, 0.4) is 0 Å². The second-order valence-electron chi connectivity index (χ2n) is 6.48. The van der Waals surface area contributed by atoms with Gasteiger partial charge < -0.3 is 10.2 Å². The molecule has 0 unspecified atom stereocenters. The van der Waals surface area contributed by atoms with E-state index in [4.69, 9.17) is 0 Å². The van der Waals surface area contributed by atoms with Crippen LogP contribution in [0.4, 0.5) is 11.5 Å². The van der Waals surface area contributed by atoms with Crippen LogP contribution in [0.2, 0.25) is 0 Å². The minimum atomic E-state index is -0.0357. The molecular formula is C23H25N3O. The Morgan fingerprint density at radius 1 is 1.04 bits per heavy atom. The Hall–Kier alpha value is -3.14. The van der Waals surface area contributed by atoms with Crippen molar-refractivity contribution in [3.8, 4) is 0 Å². The summed E-state index contributed by atoms with van der Waals surface area (Å²) in [4.78, 5) is 19.0. The highest BCUT2D eigenvalue weighted by molar-refractivity contribution is 6.06. The average Bonchev–Trinajstić information content (AvgIpc) is 2.70. The van der Waals surface area contributed by atoms with E-state index < -0.39 is 0 Å². The topological polar surface area (TPSA) is 45.2 Å². The van der Waals surface area contributed by atoms with Crippen molar-refractivity contribution in [1.82, 2.24) is 4.98 Å². The van der Waals surface area contributed by atoms with Crippen molar-refractivity contribution in [3.63, 3.8) is 0 Å². The lowest BCUT2D eigenvalue weighted by molar-refractivity contribution is 0.0988. The number of anilines is 2. The molecule has 3 rings (SSSR count). The van der Waals surface area contributed by atoms with Crippen LogP contribution in [0.15, 0.2) is 72.9 Å². The van der Waals surface area contributed by atoms with E-state index in [2.05, 4.69) is 22.4 Å². The third kappa shape index (κ3) is 4.94. The molecule has 0 bridgehead atoms. The van der Waals surface area contributed by atoms with Gasteiger partial charge in [0, 0.05) is 25.0 Å². The van der Waals surface area contributed by atoms with Gasteiger partial charge in [-0.15, -0.1) is 0 Å². The Morgan fingerprint density at radius 2 is 1.85 bits per heavy atom. The van der Waals surface area contributed by atoms with Gasteiger partial charge in [0.2, 0.25) is 0 Å². The number of hydrogen-bond acceptors (Lipinski definition) is 3. The van der Waals surface area contributed by atoms with Gasteiger partial charge in [0.05, 0.1) is 5.56 Å². The number of rotatable bonds is 7. The smallest absolute Gasteiger partial charge is 0.259 e. The molecule has 1 amide bonds.